The second-order valence-electron chi connectivity index (χ2n) is 4.72. The van der Waals surface area contributed by atoms with Crippen LogP contribution in [-0.2, 0) is 9.59 Å². The molecule has 0 aliphatic carbocycles. The number of nitrogens with one attached hydrogen (secondary N) is 2. The number of anilines is 1. The van der Waals surface area contributed by atoms with Crippen LogP contribution in [0.1, 0.15) is 5.56 Å². The molecule has 0 radical (unpaired) electrons. The standard InChI is InChI=1S/C16H12N6O2S/c23-13(14(24)20-18-10-11-5-4-8-17-9-11)19-16-22-21-15(25-16)12-6-2-1-3-7-12/h1-10H,(H,20,24)(H,19,22,23)/b18-10+. The molecule has 9 heteroatoms. The molecule has 2 heterocycles. The summed E-state index contributed by atoms with van der Waals surface area (Å²) in [5.74, 6) is -1.78. The number of aromatic nitrogens is 3. The molecule has 2 aromatic heterocycles. The molecule has 2 amide bonds. The van der Waals surface area contributed by atoms with Crippen LogP contribution < -0.4 is 10.7 Å². The summed E-state index contributed by atoms with van der Waals surface area (Å²) in [5.41, 5.74) is 3.71. The average Bonchev–Trinajstić information content (AvgIpc) is 3.12. The maximum Gasteiger partial charge on any atom is 0.329 e. The number of benzene rings is 1. The molecule has 0 fully saturated rings. The molecule has 0 bridgehead atoms. The number of hydrogen-bond acceptors (Lipinski definition) is 7. The molecule has 3 rings (SSSR count). The molecule has 0 spiro atoms. The second-order valence-corrected chi connectivity index (χ2v) is 5.70. The van der Waals surface area contributed by atoms with Gasteiger partial charge in [0, 0.05) is 23.5 Å². The maximum atomic E-state index is 11.8. The van der Waals surface area contributed by atoms with Crippen LogP contribution in [0.4, 0.5) is 5.13 Å². The summed E-state index contributed by atoms with van der Waals surface area (Å²) in [6, 6.07) is 12.9. The molecule has 8 nitrogen and oxygen atoms in total. The van der Waals surface area contributed by atoms with E-state index in [0.717, 1.165) is 5.56 Å². The number of hydrazone groups is 1. The highest BCUT2D eigenvalue weighted by molar-refractivity contribution is 7.18. The first kappa shape index (κ1) is 16.4. The lowest BCUT2D eigenvalue weighted by atomic mass is 10.2. The van der Waals surface area contributed by atoms with Crippen molar-refractivity contribution < 1.29 is 9.59 Å². The quantitative estimate of drug-likeness (QED) is 0.422. The summed E-state index contributed by atoms with van der Waals surface area (Å²) in [7, 11) is 0. The minimum Gasteiger partial charge on any atom is -0.292 e. The van der Waals surface area contributed by atoms with Gasteiger partial charge >= 0.3 is 11.8 Å². The molecule has 124 valence electrons. The first-order chi connectivity index (χ1) is 12.2. The van der Waals surface area contributed by atoms with E-state index in [1.165, 1.54) is 17.6 Å². The van der Waals surface area contributed by atoms with Gasteiger partial charge in [-0.15, -0.1) is 10.2 Å². The third-order valence-corrected chi connectivity index (χ3v) is 3.82. The zero-order valence-corrected chi connectivity index (χ0v) is 13.6. The summed E-state index contributed by atoms with van der Waals surface area (Å²) in [5, 5.41) is 14.8. The van der Waals surface area contributed by atoms with Gasteiger partial charge in [-0.25, -0.2) is 5.43 Å². The summed E-state index contributed by atoms with van der Waals surface area (Å²) in [6.45, 7) is 0. The number of carbonyl (C=O) groups is 2. The van der Waals surface area contributed by atoms with Crippen molar-refractivity contribution in [1.82, 2.24) is 20.6 Å². The Morgan fingerprint density at radius 2 is 1.88 bits per heavy atom. The lowest BCUT2D eigenvalue weighted by Gasteiger charge is -1.99. The second kappa shape index (κ2) is 7.88. The van der Waals surface area contributed by atoms with Crippen molar-refractivity contribution in [3.63, 3.8) is 0 Å². The Morgan fingerprint density at radius 1 is 1.04 bits per heavy atom. The Labute approximate surface area is 146 Å². The number of rotatable bonds is 4. The molecule has 0 saturated carbocycles. The molecule has 3 aromatic rings. The number of pyridine rings is 1. The molecule has 0 atom stereocenters. The highest BCUT2D eigenvalue weighted by Gasteiger charge is 2.16. The fourth-order valence-electron chi connectivity index (χ4n) is 1.79. The zero-order chi connectivity index (χ0) is 17.5. The highest BCUT2D eigenvalue weighted by Crippen LogP contribution is 2.25. The van der Waals surface area contributed by atoms with E-state index in [4.69, 9.17) is 0 Å². The molecule has 0 saturated heterocycles. The monoisotopic (exact) mass is 352 g/mol. The van der Waals surface area contributed by atoms with Gasteiger partial charge in [0.05, 0.1) is 6.21 Å². The van der Waals surface area contributed by atoms with Gasteiger partial charge in [0.2, 0.25) is 5.13 Å². The van der Waals surface area contributed by atoms with E-state index in [1.807, 2.05) is 30.3 Å². The molecule has 1 aromatic carbocycles. The Hall–Kier alpha value is -3.46. The SMILES string of the molecule is O=C(N/N=C/c1cccnc1)C(=O)Nc1nnc(-c2ccccc2)s1. The molecular formula is C16H12N6O2S. The van der Waals surface area contributed by atoms with E-state index in [-0.39, 0.29) is 5.13 Å². The van der Waals surface area contributed by atoms with Crippen LogP contribution in [0.3, 0.4) is 0 Å². The van der Waals surface area contributed by atoms with Gasteiger partial charge in [-0.05, 0) is 6.07 Å². The summed E-state index contributed by atoms with van der Waals surface area (Å²) in [6.07, 6.45) is 4.58. The molecule has 2 N–H and O–H groups in total. The van der Waals surface area contributed by atoms with Gasteiger partial charge in [0.15, 0.2) is 0 Å². The molecular weight excluding hydrogens is 340 g/mol. The van der Waals surface area contributed by atoms with Crippen molar-refractivity contribution in [1.29, 1.82) is 0 Å². The molecule has 0 aliphatic rings. The third-order valence-electron chi connectivity index (χ3n) is 2.94. The number of amides is 2. The summed E-state index contributed by atoms with van der Waals surface area (Å²) in [4.78, 5) is 27.5. The fourth-order valence-corrected chi connectivity index (χ4v) is 2.54. The number of hydrogen-bond donors (Lipinski definition) is 2. The minimum absolute atomic E-state index is 0.232. The van der Waals surface area contributed by atoms with E-state index >= 15 is 0 Å². The number of nitrogens with zero attached hydrogens (tertiary/aromatic N) is 4. The van der Waals surface area contributed by atoms with Crippen LogP contribution in [0.2, 0.25) is 0 Å². The predicted octanol–water partition coefficient (Wildman–Crippen LogP) is 1.69. The fraction of sp³-hybridized carbons (Fsp3) is 0. The van der Waals surface area contributed by atoms with E-state index in [1.54, 1.807) is 24.5 Å². The van der Waals surface area contributed by atoms with E-state index in [2.05, 4.69) is 31.0 Å². The smallest absolute Gasteiger partial charge is 0.292 e. The highest BCUT2D eigenvalue weighted by atomic mass is 32.1. The minimum atomic E-state index is -0.906. The predicted molar refractivity (Wildman–Crippen MR) is 93.9 cm³/mol. The first-order valence-electron chi connectivity index (χ1n) is 7.16. The van der Waals surface area contributed by atoms with Gasteiger partial charge in [0.1, 0.15) is 5.01 Å². The van der Waals surface area contributed by atoms with Crippen molar-refractivity contribution in [3.05, 3.63) is 60.4 Å². The van der Waals surface area contributed by atoms with Crippen molar-refractivity contribution in [2.45, 2.75) is 0 Å². The largest absolute Gasteiger partial charge is 0.329 e. The normalized spacial score (nSPS) is 10.6. The third kappa shape index (κ3) is 4.52. The van der Waals surface area contributed by atoms with Crippen LogP contribution in [0.15, 0.2) is 60.0 Å². The molecule has 0 unspecified atom stereocenters. The molecule has 0 aliphatic heterocycles. The maximum absolute atomic E-state index is 11.8. The average molecular weight is 352 g/mol. The van der Waals surface area contributed by atoms with E-state index in [0.29, 0.717) is 10.6 Å². The number of carbonyl (C=O) groups excluding carboxylic acids is 2. The van der Waals surface area contributed by atoms with E-state index < -0.39 is 11.8 Å². The van der Waals surface area contributed by atoms with Gasteiger partial charge < -0.3 is 0 Å². The van der Waals surface area contributed by atoms with Gasteiger partial charge in [-0.3, -0.25) is 19.9 Å². The Morgan fingerprint density at radius 3 is 2.64 bits per heavy atom. The van der Waals surface area contributed by atoms with Crippen molar-refractivity contribution >= 4 is 34.5 Å². The van der Waals surface area contributed by atoms with Crippen LogP contribution in [0, 0.1) is 0 Å². The van der Waals surface area contributed by atoms with Gasteiger partial charge in [0.25, 0.3) is 0 Å². The Kier molecular flexibility index (Phi) is 5.17. The van der Waals surface area contributed by atoms with Crippen LogP contribution in [-0.4, -0.2) is 33.2 Å². The van der Waals surface area contributed by atoms with E-state index in [9.17, 15) is 9.59 Å². The van der Waals surface area contributed by atoms with Gasteiger partial charge in [-0.1, -0.05) is 47.7 Å². The zero-order valence-electron chi connectivity index (χ0n) is 12.8. The van der Waals surface area contributed by atoms with Crippen molar-refractivity contribution in [2.75, 3.05) is 5.32 Å². The Bertz CT molecular complexity index is 895. The van der Waals surface area contributed by atoms with Crippen LogP contribution in [0.5, 0.6) is 0 Å². The Balaban J connectivity index is 1.56. The lowest BCUT2D eigenvalue weighted by molar-refractivity contribution is -0.136. The topological polar surface area (TPSA) is 109 Å². The van der Waals surface area contributed by atoms with Crippen molar-refractivity contribution in [2.24, 2.45) is 5.10 Å². The lowest BCUT2D eigenvalue weighted by Crippen LogP contribution is -2.32. The first-order valence-corrected chi connectivity index (χ1v) is 7.97. The van der Waals surface area contributed by atoms with Crippen LogP contribution in [0.25, 0.3) is 10.6 Å². The van der Waals surface area contributed by atoms with Gasteiger partial charge in [-0.2, -0.15) is 5.10 Å². The van der Waals surface area contributed by atoms with Crippen LogP contribution >= 0.6 is 11.3 Å². The van der Waals surface area contributed by atoms with Crippen molar-refractivity contribution in [3.8, 4) is 10.6 Å². The molecule has 25 heavy (non-hydrogen) atoms. The summed E-state index contributed by atoms with van der Waals surface area (Å²) >= 11 is 1.17. The summed E-state index contributed by atoms with van der Waals surface area (Å²) < 4.78 is 0.